The average Bonchev–Trinajstić information content (AvgIpc) is 3.05. The molecular formula is C17H13ClFN3O2. The van der Waals surface area contributed by atoms with E-state index in [-0.39, 0.29) is 18.1 Å². The first-order valence-corrected chi connectivity index (χ1v) is 7.48. The molecule has 0 aliphatic rings. The summed E-state index contributed by atoms with van der Waals surface area (Å²) in [6.07, 6.45) is 1.59. The van der Waals surface area contributed by atoms with Gasteiger partial charge in [-0.1, -0.05) is 35.9 Å². The van der Waals surface area contributed by atoms with Crippen molar-refractivity contribution < 1.29 is 13.9 Å². The van der Waals surface area contributed by atoms with Crippen LogP contribution in [0.25, 0.3) is 0 Å². The SMILES string of the molecule is O=C(Nc1ccccc1F)c1ccn(COc2ccccc2Cl)n1. The summed E-state index contributed by atoms with van der Waals surface area (Å²) in [5.74, 6) is -0.490. The second kappa shape index (κ2) is 7.14. The summed E-state index contributed by atoms with van der Waals surface area (Å²) in [4.78, 5) is 12.1. The number of nitrogens with zero attached hydrogens (tertiary/aromatic N) is 2. The Hall–Kier alpha value is -2.86. The number of amides is 1. The van der Waals surface area contributed by atoms with Crippen LogP contribution in [0, 0.1) is 5.82 Å². The zero-order chi connectivity index (χ0) is 16.9. The lowest BCUT2D eigenvalue weighted by atomic mass is 10.3. The summed E-state index contributed by atoms with van der Waals surface area (Å²) < 4.78 is 20.5. The number of carbonyl (C=O) groups is 1. The highest BCUT2D eigenvalue weighted by atomic mass is 35.5. The van der Waals surface area contributed by atoms with E-state index in [2.05, 4.69) is 10.4 Å². The Bertz CT molecular complexity index is 866. The van der Waals surface area contributed by atoms with Gasteiger partial charge < -0.3 is 10.1 Å². The molecule has 0 atom stereocenters. The first-order valence-electron chi connectivity index (χ1n) is 7.10. The van der Waals surface area contributed by atoms with Crippen molar-refractivity contribution in [2.24, 2.45) is 0 Å². The summed E-state index contributed by atoms with van der Waals surface area (Å²) in [7, 11) is 0. The van der Waals surface area contributed by atoms with Crippen molar-refractivity contribution in [3.8, 4) is 5.75 Å². The molecule has 0 radical (unpaired) electrons. The minimum atomic E-state index is -0.507. The summed E-state index contributed by atoms with van der Waals surface area (Å²) in [6.45, 7) is 0.0940. The normalized spacial score (nSPS) is 10.4. The van der Waals surface area contributed by atoms with Crippen molar-refractivity contribution in [1.29, 1.82) is 0 Å². The highest BCUT2D eigenvalue weighted by molar-refractivity contribution is 6.32. The number of rotatable bonds is 5. The molecule has 0 saturated heterocycles. The molecule has 0 aliphatic heterocycles. The van der Waals surface area contributed by atoms with Crippen molar-refractivity contribution >= 4 is 23.2 Å². The molecule has 122 valence electrons. The maximum Gasteiger partial charge on any atom is 0.276 e. The van der Waals surface area contributed by atoms with Crippen LogP contribution in [0.5, 0.6) is 5.75 Å². The molecule has 24 heavy (non-hydrogen) atoms. The quantitative estimate of drug-likeness (QED) is 0.761. The summed E-state index contributed by atoms with van der Waals surface area (Å²) in [5.41, 5.74) is 0.255. The largest absolute Gasteiger partial charge is 0.470 e. The Morgan fingerprint density at radius 1 is 1.17 bits per heavy atom. The summed E-state index contributed by atoms with van der Waals surface area (Å²) in [5, 5.41) is 7.05. The Labute approximate surface area is 142 Å². The first kappa shape index (κ1) is 16.0. The van der Waals surface area contributed by atoms with E-state index in [1.807, 2.05) is 0 Å². The van der Waals surface area contributed by atoms with Crippen LogP contribution < -0.4 is 10.1 Å². The third-order valence-electron chi connectivity index (χ3n) is 3.18. The van der Waals surface area contributed by atoms with E-state index in [4.69, 9.17) is 16.3 Å². The topological polar surface area (TPSA) is 56.2 Å². The Kier molecular flexibility index (Phi) is 4.77. The molecule has 1 amide bonds. The lowest BCUT2D eigenvalue weighted by Crippen LogP contribution is -2.15. The van der Waals surface area contributed by atoms with E-state index in [1.165, 1.54) is 22.9 Å². The first-order chi connectivity index (χ1) is 11.6. The molecule has 1 aromatic heterocycles. The molecule has 2 aromatic carbocycles. The Morgan fingerprint density at radius 3 is 2.71 bits per heavy atom. The monoisotopic (exact) mass is 345 g/mol. The maximum absolute atomic E-state index is 13.5. The number of halogens is 2. The number of nitrogens with one attached hydrogen (secondary N) is 1. The molecule has 1 heterocycles. The van der Waals surface area contributed by atoms with Crippen LogP contribution in [-0.2, 0) is 6.73 Å². The van der Waals surface area contributed by atoms with Crippen molar-refractivity contribution in [1.82, 2.24) is 9.78 Å². The third kappa shape index (κ3) is 3.72. The van der Waals surface area contributed by atoms with Crippen molar-refractivity contribution in [3.05, 3.63) is 77.3 Å². The van der Waals surface area contributed by atoms with E-state index in [0.29, 0.717) is 10.8 Å². The minimum Gasteiger partial charge on any atom is -0.470 e. The fourth-order valence-electron chi connectivity index (χ4n) is 2.00. The lowest BCUT2D eigenvalue weighted by Gasteiger charge is -2.07. The van der Waals surface area contributed by atoms with Crippen molar-refractivity contribution in [2.45, 2.75) is 6.73 Å². The number of anilines is 1. The molecule has 7 heteroatoms. The van der Waals surface area contributed by atoms with Gasteiger partial charge in [-0.3, -0.25) is 4.79 Å². The molecule has 3 rings (SSSR count). The fourth-order valence-corrected chi connectivity index (χ4v) is 2.19. The van der Waals surface area contributed by atoms with Crippen LogP contribution in [0.4, 0.5) is 10.1 Å². The number of para-hydroxylation sites is 2. The van der Waals surface area contributed by atoms with Crippen LogP contribution in [0.15, 0.2) is 60.8 Å². The van der Waals surface area contributed by atoms with Crippen LogP contribution in [-0.4, -0.2) is 15.7 Å². The second-order valence-corrected chi connectivity index (χ2v) is 5.29. The van der Waals surface area contributed by atoms with Crippen LogP contribution >= 0.6 is 11.6 Å². The van der Waals surface area contributed by atoms with Gasteiger partial charge in [0.1, 0.15) is 11.6 Å². The Balaban J connectivity index is 1.64. The van der Waals surface area contributed by atoms with Crippen molar-refractivity contribution in [2.75, 3.05) is 5.32 Å². The number of benzene rings is 2. The van der Waals surface area contributed by atoms with Gasteiger partial charge in [-0.05, 0) is 30.3 Å². The zero-order valence-electron chi connectivity index (χ0n) is 12.4. The molecule has 0 bridgehead atoms. The van der Waals surface area contributed by atoms with Gasteiger partial charge in [-0.2, -0.15) is 5.10 Å². The van der Waals surface area contributed by atoms with Crippen LogP contribution in [0.1, 0.15) is 10.5 Å². The Morgan fingerprint density at radius 2 is 1.92 bits per heavy atom. The van der Waals surface area contributed by atoms with Gasteiger partial charge in [0.05, 0.1) is 10.7 Å². The number of hydrogen-bond donors (Lipinski definition) is 1. The molecule has 1 N–H and O–H groups in total. The van der Waals surface area contributed by atoms with Crippen LogP contribution in [0.2, 0.25) is 5.02 Å². The van der Waals surface area contributed by atoms with E-state index in [0.717, 1.165) is 0 Å². The minimum absolute atomic E-state index is 0.0940. The van der Waals surface area contributed by atoms with Gasteiger partial charge in [0.15, 0.2) is 12.4 Å². The fraction of sp³-hybridized carbons (Fsp3) is 0.0588. The number of ether oxygens (including phenoxy) is 1. The average molecular weight is 346 g/mol. The predicted octanol–water partition coefficient (Wildman–Crippen LogP) is 3.96. The van der Waals surface area contributed by atoms with E-state index < -0.39 is 11.7 Å². The van der Waals surface area contributed by atoms with E-state index in [9.17, 15) is 9.18 Å². The van der Waals surface area contributed by atoms with Gasteiger partial charge in [0.2, 0.25) is 0 Å². The molecule has 0 unspecified atom stereocenters. The zero-order valence-corrected chi connectivity index (χ0v) is 13.2. The standard InChI is InChI=1S/C17H13ClFN3O2/c18-12-5-1-4-8-16(12)24-11-22-10-9-15(21-22)17(23)20-14-7-3-2-6-13(14)19/h1-10H,11H2,(H,20,23). The van der Waals surface area contributed by atoms with Gasteiger partial charge in [0, 0.05) is 6.20 Å². The number of carbonyl (C=O) groups excluding carboxylic acids is 1. The molecule has 0 saturated carbocycles. The van der Waals surface area contributed by atoms with E-state index >= 15 is 0 Å². The van der Waals surface area contributed by atoms with Crippen molar-refractivity contribution in [3.63, 3.8) is 0 Å². The molecule has 0 fully saturated rings. The number of aromatic nitrogens is 2. The molecular weight excluding hydrogens is 333 g/mol. The molecule has 0 spiro atoms. The maximum atomic E-state index is 13.5. The second-order valence-electron chi connectivity index (χ2n) is 4.88. The van der Waals surface area contributed by atoms with Gasteiger partial charge >= 0.3 is 0 Å². The molecule has 3 aromatic rings. The highest BCUT2D eigenvalue weighted by Gasteiger charge is 2.12. The van der Waals surface area contributed by atoms with Gasteiger partial charge in [0.25, 0.3) is 5.91 Å². The predicted molar refractivity (Wildman–Crippen MR) is 88.7 cm³/mol. The highest BCUT2D eigenvalue weighted by Crippen LogP contribution is 2.23. The third-order valence-corrected chi connectivity index (χ3v) is 3.50. The summed E-state index contributed by atoms with van der Waals surface area (Å²) >= 11 is 6.00. The van der Waals surface area contributed by atoms with Crippen LogP contribution in [0.3, 0.4) is 0 Å². The van der Waals surface area contributed by atoms with Gasteiger partial charge in [-0.25, -0.2) is 9.07 Å². The molecule has 5 nitrogen and oxygen atoms in total. The number of hydrogen-bond acceptors (Lipinski definition) is 3. The molecule has 0 aliphatic carbocycles. The van der Waals surface area contributed by atoms with Gasteiger partial charge in [-0.15, -0.1) is 0 Å². The smallest absolute Gasteiger partial charge is 0.276 e. The van der Waals surface area contributed by atoms with E-state index in [1.54, 1.807) is 42.6 Å². The summed E-state index contributed by atoms with van der Waals surface area (Å²) in [6, 6.07) is 14.5. The lowest BCUT2D eigenvalue weighted by molar-refractivity contribution is 0.101.